The Labute approximate surface area is 217 Å². The van der Waals surface area contributed by atoms with Crippen LogP contribution in [0.5, 0.6) is 0 Å². The van der Waals surface area contributed by atoms with Gasteiger partial charge in [-0.3, -0.25) is 4.79 Å². The molecular formula is C30H39FN2O4. The number of H-pyrrole nitrogens is 1. The van der Waals surface area contributed by atoms with Gasteiger partial charge in [-0.05, 0) is 92.8 Å². The van der Waals surface area contributed by atoms with E-state index in [0.29, 0.717) is 49.5 Å². The van der Waals surface area contributed by atoms with E-state index in [2.05, 4.69) is 23.3 Å². The first kappa shape index (κ1) is 26.3. The van der Waals surface area contributed by atoms with Gasteiger partial charge >= 0.3 is 0 Å². The number of allylic oxidation sites excluding steroid dienone is 3. The van der Waals surface area contributed by atoms with Gasteiger partial charge in [-0.1, -0.05) is 31.2 Å². The molecule has 6 nitrogen and oxygen atoms in total. The fraction of sp³-hybridized carbons (Fsp3) is 0.567. The van der Waals surface area contributed by atoms with Crippen molar-refractivity contribution in [1.29, 1.82) is 0 Å². The summed E-state index contributed by atoms with van der Waals surface area (Å²) in [6, 6.07) is 7.78. The maximum Gasteiger partial charge on any atom is 0.255 e. The molecule has 0 radical (unpaired) electrons. The minimum Gasteiger partial charge on any atom is -0.393 e. The molecule has 4 aliphatic carbocycles. The van der Waals surface area contributed by atoms with E-state index < -0.39 is 28.9 Å². The molecule has 6 rings (SSSR count). The van der Waals surface area contributed by atoms with Gasteiger partial charge in [0.2, 0.25) is 0 Å². The first-order chi connectivity index (χ1) is 17.6. The lowest BCUT2D eigenvalue weighted by atomic mass is 9.57. The maximum atomic E-state index is 16.2. The molecule has 4 aliphatic rings. The molecule has 200 valence electrons. The number of halogens is 1. The number of aliphatic hydroxyl groups is 3. The second kappa shape index (κ2) is 9.45. The van der Waals surface area contributed by atoms with E-state index in [0.717, 1.165) is 16.5 Å². The van der Waals surface area contributed by atoms with E-state index in [1.807, 2.05) is 44.4 Å². The van der Waals surface area contributed by atoms with E-state index >= 15 is 4.39 Å². The number of rotatable bonds is 1. The van der Waals surface area contributed by atoms with Gasteiger partial charge in [0.1, 0.15) is 11.8 Å². The van der Waals surface area contributed by atoms with Crippen LogP contribution in [-0.2, 0) is 0 Å². The first-order valence-corrected chi connectivity index (χ1v) is 13.5. The predicted molar refractivity (Wildman–Crippen MR) is 144 cm³/mol. The van der Waals surface area contributed by atoms with Gasteiger partial charge in [0.05, 0.1) is 11.7 Å². The highest BCUT2D eigenvalue weighted by atomic mass is 19.1. The van der Waals surface area contributed by atoms with Crippen molar-refractivity contribution in [3.05, 3.63) is 64.1 Å². The number of aromatic amines is 1. The van der Waals surface area contributed by atoms with Crippen LogP contribution in [0.25, 0.3) is 16.3 Å². The summed E-state index contributed by atoms with van der Waals surface area (Å²) < 4.78 is 16.2. The molecule has 0 bridgehead atoms. The summed E-state index contributed by atoms with van der Waals surface area (Å²) in [6.45, 7) is 2.14. The van der Waals surface area contributed by atoms with Crippen LogP contribution >= 0.6 is 0 Å². The van der Waals surface area contributed by atoms with Crippen molar-refractivity contribution in [3.63, 3.8) is 0 Å². The highest BCUT2D eigenvalue weighted by Gasteiger charge is 2.62. The van der Waals surface area contributed by atoms with E-state index in [9.17, 15) is 20.1 Å². The summed E-state index contributed by atoms with van der Waals surface area (Å²) in [4.78, 5) is 15.1. The molecule has 37 heavy (non-hydrogen) atoms. The quantitative estimate of drug-likeness (QED) is 0.375. The molecule has 6 unspecified atom stereocenters. The van der Waals surface area contributed by atoms with Crippen LogP contribution in [0, 0.1) is 17.3 Å². The Morgan fingerprint density at radius 3 is 2.62 bits per heavy atom. The van der Waals surface area contributed by atoms with Gasteiger partial charge < -0.3 is 25.6 Å². The molecule has 1 aromatic heterocycles. The minimum absolute atomic E-state index is 0.0800. The molecule has 5 N–H and O–H groups in total. The Balaban J connectivity index is 0.000000892. The summed E-state index contributed by atoms with van der Waals surface area (Å²) in [6.07, 6.45) is 6.56. The SMILES string of the molecule is CC12CC=C3C(O)C4(F)CC(O)CCC4CC[C@]3(O)C1CC=C2c1ccc2cc[nH]c(=O)c2c1.CNC. The zero-order chi connectivity index (χ0) is 26.6. The number of alkyl halides is 1. The van der Waals surface area contributed by atoms with Gasteiger partial charge in [-0.15, -0.1) is 0 Å². The number of aromatic nitrogens is 1. The monoisotopic (exact) mass is 510 g/mol. The predicted octanol–water partition coefficient (Wildman–Crippen LogP) is 3.86. The molecule has 7 heteroatoms. The Morgan fingerprint density at radius 2 is 1.86 bits per heavy atom. The molecular weight excluding hydrogens is 471 g/mol. The molecule has 0 saturated heterocycles. The van der Waals surface area contributed by atoms with E-state index in [-0.39, 0.29) is 23.8 Å². The number of hydrogen-bond donors (Lipinski definition) is 5. The van der Waals surface area contributed by atoms with Crippen LogP contribution in [0.3, 0.4) is 0 Å². The molecule has 7 atom stereocenters. The third-order valence-corrected chi connectivity index (χ3v) is 9.55. The van der Waals surface area contributed by atoms with Crippen LogP contribution in [0.15, 0.2) is 53.0 Å². The largest absolute Gasteiger partial charge is 0.393 e. The molecule has 2 aromatic rings. The third-order valence-electron chi connectivity index (χ3n) is 9.55. The van der Waals surface area contributed by atoms with Crippen LogP contribution in [0.4, 0.5) is 4.39 Å². The zero-order valence-corrected chi connectivity index (χ0v) is 21.9. The molecule has 2 fully saturated rings. The number of nitrogens with one attached hydrogen (secondary N) is 2. The van der Waals surface area contributed by atoms with Gasteiger partial charge in [0.15, 0.2) is 0 Å². The van der Waals surface area contributed by atoms with Crippen LogP contribution in [-0.4, -0.2) is 57.9 Å². The third kappa shape index (κ3) is 4.02. The summed E-state index contributed by atoms with van der Waals surface area (Å²) in [5.41, 5.74) is -1.29. The molecule has 1 heterocycles. The normalized spacial score (nSPS) is 38.8. The van der Waals surface area contributed by atoms with Gasteiger partial charge in [-0.2, -0.15) is 0 Å². The zero-order valence-electron chi connectivity index (χ0n) is 21.9. The number of benzene rings is 1. The maximum absolute atomic E-state index is 16.2. The van der Waals surface area contributed by atoms with Crippen LogP contribution in [0.1, 0.15) is 57.4 Å². The molecule has 0 aliphatic heterocycles. The van der Waals surface area contributed by atoms with Crippen LogP contribution in [0.2, 0.25) is 0 Å². The van der Waals surface area contributed by atoms with Gasteiger partial charge in [0.25, 0.3) is 5.56 Å². The number of fused-ring (bicyclic) bond motifs is 5. The number of pyridine rings is 1. The Hall–Kier alpha value is -2.32. The Kier molecular flexibility index (Phi) is 6.72. The Bertz CT molecular complexity index is 1300. The summed E-state index contributed by atoms with van der Waals surface area (Å²) in [7, 11) is 3.75. The Morgan fingerprint density at radius 1 is 1.11 bits per heavy atom. The highest BCUT2D eigenvalue weighted by molar-refractivity contribution is 5.87. The smallest absolute Gasteiger partial charge is 0.255 e. The molecule has 0 amide bonds. The van der Waals surface area contributed by atoms with E-state index in [1.165, 1.54) is 0 Å². The number of hydrogen-bond acceptors (Lipinski definition) is 5. The van der Waals surface area contributed by atoms with Crippen molar-refractivity contribution in [2.45, 2.75) is 75.3 Å². The standard InChI is InChI=1S/C28H32FNO4.C2H7N/c1-26-11-9-22-24(32)27(29)15-19(31)5-4-18(27)8-12-28(22,34)23(26)7-6-21(26)17-3-2-16-10-13-30-25(33)20(16)14-17;1-3-2/h2-3,6,9-10,13-14,18-19,23-24,31-32,34H,4-5,7-8,11-12,15H2,1H3,(H,30,33);3H,1-2H3/t18?,19?,23?,24?,26?,27?,28-;/m1./s1. The lowest BCUT2D eigenvalue weighted by molar-refractivity contribution is -0.0963. The first-order valence-electron chi connectivity index (χ1n) is 13.5. The van der Waals surface area contributed by atoms with Crippen molar-refractivity contribution >= 4 is 16.3 Å². The summed E-state index contributed by atoms with van der Waals surface area (Å²) in [5, 5.41) is 37.8. The van der Waals surface area contributed by atoms with E-state index in [1.54, 1.807) is 6.20 Å². The van der Waals surface area contributed by atoms with Crippen molar-refractivity contribution in [3.8, 4) is 0 Å². The van der Waals surface area contributed by atoms with Crippen molar-refractivity contribution in [2.75, 3.05) is 14.1 Å². The average molecular weight is 511 g/mol. The minimum atomic E-state index is -1.91. The van der Waals surface area contributed by atoms with E-state index in [4.69, 9.17) is 0 Å². The second-order valence-corrected chi connectivity index (χ2v) is 11.7. The van der Waals surface area contributed by atoms with Crippen molar-refractivity contribution in [2.24, 2.45) is 17.3 Å². The fourth-order valence-electron chi connectivity index (χ4n) is 7.69. The molecule has 0 spiro atoms. The highest BCUT2D eigenvalue weighted by Crippen LogP contribution is 2.63. The lowest BCUT2D eigenvalue weighted by Gasteiger charge is -2.50. The summed E-state index contributed by atoms with van der Waals surface area (Å²) in [5.74, 6) is -0.559. The number of aliphatic hydroxyl groups excluding tert-OH is 2. The van der Waals surface area contributed by atoms with Gasteiger partial charge in [-0.25, -0.2) is 4.39 Å². The fourth-order valence-corrected chi connectivity index (χ4v) is 7.69. The van der Waals surface area contributed by atoms with Crippen molar-refractivity contribution in [1.82, 2.24) is 10.3 Å². The topological polar surface area (TPSA) is 106 Å². The second-order valence-electron chi connectivity index (χ2n) is 11.7. The molecule has 2 saturated carbocycles. The average Bonchev–Trinajstić information content (AvgIpc) is 3.18. The van der Waals surface area contributed by atoms with Crippen molar-refractivity contribution < 1.29 is 19.7 Å². The molecule has 1 aromatic carbocycles. The summed E-state index contributed by atoms with van der Waals surface area (Å²) >= 11 is 0. The lowest BCUT2D eigenvalue weighted by Crippen LogP contribution is -2.55. The van der Waals surface area contributed by atoms with Crippen LogP contribution < -0.4 is 10.9 Å². The van der Waals surface area contributed by atoms with Gasteiger partial charge in [0, 0.05) is 29.3 Å².